The first-order valence-corrected chi connectivity index (χ1v) is 5.82. The minimum atomic E-state index is -0.478. The number of halogens is 1. The second-order valence-corrected chi connectivity index (χ2v) is 4.48. The Morgan fingerprint density at radius 1 is 1.59 bits per heavy atom. The first-order valence-electron chi connectivity index (χ1n) is 5.44. The average Bonchev–Trinajstić information content (AvgIpc) is 2.80. The van der Waals surface area contributed by atoms with Crippen LogP contribution in [0.3, 0.4) is 0 Å². The van der Waals surface area contributed by atoms with Gasteiger partial charge in [0.1, 0.15) is 0 Å². The van der Waals surface area contributed by atoms with Crippen LogP contribution in [0.2, 0.25) is 5.02 Å². The predicted octanol–water partition coefficient (Wildman–Crippen LogP) is 2.24. The molecule has 6 heteroatoms. The highest BCUT2D eigenvalue weighted by Gasteiger charge is 2.19. The van der Waals surface area contributed by atoms with Crippen molar-refractivity contribution in [2.24, 2.45) is 5.92 Å². The van der Waals surface area contributed by atoms with Crippen LogP contribution in [0.15, 0.2) is 18.2 Å². The molecule has 1 heterocycles. The standard InChI is InChI=1S/C11H13ClN2O3/c12-9-1-2-11(10(5-9)14(15)16)17-7-8-3-4-13-6-8/h1-2,5,8,13H,3-4,6-7H2/t8-/m0/s1. The van der Waals surface area contributed by atoms with Crippen molar-refractivity contribution in [3.05, 3.63) is 33.3 Å². The van der Waals surface area contributed by atoms with Crippen molar-refractivity contribution in [2.45, 2.75) is 6.42 Å². The van der Waals surface area contributed by atoms with Gasteiger partial charge in [-0.15, -0.1) is 0 Å². The molecule has 0 unspecified atom stereocenters. The molecule has 0 aromatic heterocycles. The van der Waals surface area contributed by atoms with Gasteiger partial charge in [-0.05, 0) is 25.1 Å². The Morgan fingerprint density at radius 3 is 3.06 bits per heavy atom. The molecule has 1 fully saturated rings. The zero-order valence-corrected chi connectivity index (χ0v) is 9.94. The van der Waals surface area contributed by atoms with Crippen molar-refractivity contribution in [1.82, 2.24) is 5.32 Å². The Balaban J connectivity index is 2.06. The van der Waals surface area contributed by atoms with Gasteiger partial charge in [0.15, 0.2) is 5.75 Å². The fraction of sp³-hybridized carbons (Fsp3) is 0.455. The molecule has 0 bridgehead atoms. The molecule has 1 aromatic rings. The van der Waals surface area contributed by atoms with Crippen molar-refractivity contribution in [3.63, 3.8) is 0 Å². The first-order chi connectivity index (χ1) is 8.16. The van der Waals surface area contributed by atoms with Gasteiger partial charge in [0, 0.05) is 23.6 Å². The number of hydrogen-bond acceptors (Lipinski definition) is 4. The van der Waals surface area contributed by atoms with Crippen molar-refractivity contribution >= 4 is 17.3 Å². The van der Waals surface area contributed by atoms with Crippen molar-refractivity contribution in [2.75, 3.05) is 19.7 Å². The van der Waals surface area contributed by atoms with Crippen LogP contribution in [-0.4, -0.2) is 24.6 Å². The van der Waals surface area contributed by atoms with Crippen LogP contribution in [0.5, 0.6) is 5.75 Å². The number of nitrogens with one attached hydrogen (secondary N) is 1. The van der Waals surface area contributed by atoms with E-state index in [1.165, 1.54) is 6.07 Å². The molecule has 1 N–H and O–H groups in total. The van der Waals surface area contributed by atoms with Gasteiger partial charge >= 0.3 is 5.69 Å². The van der Waals surface area contributed by atoms with Gasteiger partial charge in [-0.25, -0.2) is 0 Å². The van der Waals surface area contributed by atoms with E-state index in [9.17, 15) is 10.1 Å². The van der Waals surface area contributed by atoms with E-state index in [0.29, 0.717) is 17.5 Å². The zero-order valence-electron chi connectivity index (χ0n) is 9.19. The molecule has 5 nitrogen and oxygen atoms in total. The second-order valence-electron chi connectivity index (χ2n) is 4.04. The van der Waals surface area contributed by atoms with E-state index in [0.717, 1.165) is 19.5 Å². The number of ether oxygens (including phenoxy) is 1. The van der Waals surface area contributed by atoms with Gasteiger partial charge in [0.25, 0.3) is 0 Å². The van der Waals surface area contributed by atoms with E-state index in [1.54, 1.807) is 12.1 Å². The summed E-state index contributed by atoms with van der Waals surface area (Å²) in [6.07, 6.45) is 1.04. The van der Waals surface area contributed by atoms with E-state index < -0.39 is 4.92 Å². The monoisotopic (exact) mass is 256 g/mol. The van der Waals surface area contributed by atoms with Gasteiger partial charge in [0.2, 0.25) is 0 Å². The molecule has 1 aliphatic rings. The van der Waals surface area contributed by atoms with Crippen LogP contribution < -0.4 is 10.1 Å². The quantitative estimate of drug-likeness (QED) is 0.663. The Hall–Kier alpha value is -1.33. The van der Waals surface area contributed by atoms with E-state index in [4.69, 9.17) is 16.3 Å². The number of rotatable bonds is 4. The maximum absolute atomic E-state index is 10.8. The summed E-state index contributed by atoms with van der Waals surface area (Å²) in [6, 6.07) is 4.45. The fourth-order valence-corrected chi connectivity index (χ4v) is 1.99. The SMILES string of the molecule is O=[N+]([O-])c1cc(Cl)ccc1OC[C@H]1CCNC1. The third-order valence-electron chi connectivity index (χ3n) is 2.75. The summed E-state index contributed by atoms with van der Waals surface area (Å²) in [5, 5.41) is 14.4. The Kier molecular flexibility index (Phi) is 3.81. The van der Waals surface area contributed by atoms with Crippen LogP contribution >= 0.6 is 11.6 Å². The van der Waals surface area contributed by atoms with E-state index in [2.05, 4.69) is 5.32 Å². The van der Waals surface area contributed by atoms with Crippen LogP contribution in [0.25, 0.3) is 0 Å². The summed E-state index contributed by atoms with van der Waals surface area (Å²) in [5.41, 5.74) is -0.0801. The third-order valence-corrected chi connectivity index (χ3v) is 2.99. The van der Waals surface area contributed by atoms with Crippen LogP contribution in [-0.2, 0) is 0 Å². The zero-order chi connectivity index (χ0) is 12.3. The highest BCUT2D eigenvalue weighted by Crippen LogP contribution is 2.30. The molecule has 2 rings (SSSR count). The molecule has 1 aromatic carbocycles. The Morgan fingerprint density at radius 2 is 2.41 bits per heavy atom. The number of benzene rings is 1. The molecule has 0 saturated carbocycles. The number of hydrogen-bond donors (Lipinski definition) is 1. The molecule has 0 spiro atoms. The fourth-order valence-electron chi connectivity index (χ4n) is 1.82. The Labute approximate surface area is 104 Å². The first kappa shape index (κ1) is 12.1. The lowest BCUT2D eigenvalue weighted by molar-refractivity contribution is -0.385. The van der Waals surface area contributed by atoms with E-state index in [1.807, 2.05) is 0 Å². The lowest BCUT2D eigenvalue weighted by Gasteiger charge is -2.10. The second kappa shape index (κ2) is 5.33. The maximum Gasteiger partial charge on any atom is 0.312 e. The molecule has 17 heavy (non-hydrogen) atoms. The molecular formula is C11H13ClN2O3. The number of nitro benzene ring substituents is 1. The van der Waals surface area contributed by atoms with Crippen molar-refractivity contribution in [3.8, 4) is 5.75 Å². The summed E-state index contributed by atoms with van der Waals surface area (Å²) >= 11 is 5.72. The minimum absolute atomic E-state index is 0.0801. The van der Waals surface area contributed by atoms with E-state index in [-0.39, 0.29) is 11.4 Å². The van der Waals surface area contributed by atoms with Gasteiger partial charge in [-0.2, -0.15) is 0 Å². The lowest BCUT2D eigenvalue weighted by atomic mass is 10.1. The summed E-state index contributed by atoms with van der Waals surface area (Å²) < 4.78 is 5.50. The molecular weight excluding hydrogens is 244 g/mol. The normalized spacial score (nSPS) is 19.2. The highest BCUT2D eigenvalue weighted by atomic mass is 35.5. The summed E-state index contributed by atoms with van der Waals surface area (Å²) in [7, 11) is 0. The lowest BCUT2D eigenvalue weighted by Crippen LogP contribution is -2.15. The topological polar surface area (TPSA) is 64.4 Å². The summed E-state index contributed by atoms with van der Waals surface area (Å²) in [6.45, 7) is 2.38. The molecule has 1 saturated heterocycles. The van der Waals surface area contributed by atoms with Crippen LogP contribution in [0.1, 0.15) is 6.42 Å². The number of nitrogens with zero attached hydrogens (tertiary/aromatic N) is 1. The highest BCUT2D eigenvalue weighted by molar-refractivity contribution is 6.30. The average molecular weight is 257 g/mol. The maximum atomic E-state index is 10.8. The van der Waals surface area contributed by atoms with Crippen LogP contribution in [0, 0.1) is 16.0 Å². The van der Waals surface area contributed by atoms with Gasteiger partial charge < -0.3 is 10.1 Å². The van der Waals surface area contributed by atoms with Crippen molar-refractivity contribution < 1.29 is 9.66 Å². The molecule has 0 amide bonds. The molecule has 1 aliphatic heterocycles. The smallest absolute Gasteiger partial charge is 0.312 e. The Bertz CT molecular complexity index is 419. The summed E-state index contributed by atoms with van der Waals surface area (Å²) in [4.78, 5) is 10.3. The van der Waals surface area contributed by atoms with Crippen LogP contribution in [0.4, 0.5) is 5.69 Å². The molecule has 0 radical (unpaired) electrons. The predicted molar refractivity (Wildman–Crippen MR) is 64.6 cm³/mol. The molecule has 0 aliphatic carbocycles. The summed E-state index contributed by atoms with van der Waals surface area (Å²) in [5.74, 6) is 0.705. The third kappa shape index (κ3) is 3.08. The van der Waals surface area contributed by atoms with Gasteiger partial charge in [-0.1, -0.05) is 11.6 Å². The van der Waals surface area contributed by atoms with Crippen molar-refractivity contribution in [1.29, 1.82) is 0 Å². The van der Waals surface area contributed by atoms with Gasteiger partial charge in [-0.3, -0.25) is 10.1 Å². The van der Waals surface area contributed by atoms with Gasteiger partial charge in [0.05, 0.1) is 11.5 Å². The largest absolute Gasteiger partial charge is 0.486 e. The van der Waals surface area contributed by atoms with E-state index >= 15 is 0 Å². The minimum Gasteiger partial charge on any atom is -0.486 e. The number of nitro groups is 1. The molecule has 92 valence electrons. The molecule has 1 atom stereocenters.